The van der Waals surface area contributed by atoms with Crippen LogP contribution in [0.25, 0.3) is 0 Å². The molecule has 102 valence electrons. The average Bonchev–Trinajstić information content (AvgIpc) is 2.80. The molecule has 1 aromatic rings. The molecule has 0 aromatic carbocycles. The molecule has 1 saturated carbocycles. The van der Waals surface area contributed by atoms with E-state index in [9.17, 15) is 0 Å². The van der Waals surface area contributed by atoms with Crippen LogP contribution in [0.2, 0.25) is 0 Å². The first-order valence-corrected chi connectivity index (χ1v) is 8.21. The molecule has 0 amide bonds. The van der Waals surface area contributed by atoms with Crippen LogP contribution in [0.5, 0.6) is 0 Å². The minimum absolute atomic E-state index is 0.503. The molecule has 1 N–H and O–H groups in total. The molecule has 3 nitrogen and oxygen atoms in total. The molecule has 18 heavy (non-hydrogen) atoms. The first-order valence-electron chi connectivity index (χ1n) is 6.99. The number of rotatable bonds is 7. The van der Waals surface area contributed by atoms with Crippen LogP contribution in [0.1, 0.15) is 51.3 Å². The Labute approximate surface area is 115 Å². The fourth-order valence-corrected chi connectivity index (χ4v) is 3.29. The molecule has 1 unspecified atom stereocenters. The molecular formula is C14H25N3S. The number of hydrogen-bond acceptors (Lipinski definition) is 3. The zero-order valence-corrected chi connectivity index (χ0v) is 12.6. The zero-order valence-electron chi connectivity index (χ0n) is 11.8. The van der Waals surface area contributed by atoms with Gasteiger partial charge in [-0.25, -0.2) is 0 Å². The second-order valence-electron chi connectivity index (χ2n) is 5.39. The van der Waals surface area contributed by atoms with E-state index < -0.39 is 0 Å². The van der Waals surface area contributed by atoms with Gasteiger partial charge in [0.15, 0.2) is 0 Å². The van der Waals surface area contributed by atoms with Gasteiger partial charge in [-0.3, -0.25) is 4.68 Å². The predicted octanol–water partition coefficient (Wildman–Crippen LogP) is 3.23. The Balaban J connectivity index is 1.78. The maximum Gasteiger partial charge on any atom is 0.0762 e. The summed E-state index contributed by atoms with van der Waals surface area (Å²) in [6.07, 6.45) is 9.58. The maximum atomic E-state index is 4.62. The Bertz CT molecular complexity index is 365. The van der Waals surface area contributed by atoms with E-state index in [2.05, 4.69) is 47.5 Å². The van der Waals surface area contributed by atoms with E-state index in [-0.39, 0.29) is 0 Å². The molecule has 0 aliphatic heterocycles. The molecule has 1 aromatic heterocycles. The van der Waals surface area contributed by atoms with E-state index >= 15 is 0 Å². The standard InChI is InChI=1S/C14H25N3S/c1-4-12(2)17-9-6-13(16-17)10-15-11-14(18-3)7-5-8-14/h6,9,12,15H,4-5,7-8,10-11H2,1-3H3. The van der Waals surface area contributed by atoms with Crippen molar-refractivity contribution >= 4 is 11.8 Å². The van der Waals surface area contributed by atoms with Gasteiger partial charge in [-0.15, -0.1) is 0 Å². The Kier molecular flexibility index (Phi) is 4.73. The first kappa shape index (κ1) is 13.9. The van der Waals surface area contributed by atoms with Crippen LogP contribution in [0.15, 0.2) is 12.3 Å². The van der Waals surface area contributed by atoms with E-state index in [1.165, 1.54) is 19.3 Å². The Morgan fingerprint density at radius 3 is 2.89 bits per heavy atom. The molecule has 1 aliphatic rings. The summed E-state index contributed by atoms with van der Waals surface area (Å²) in [5, 5.41) is 8.19. The molecule has 2 rings (SSSR count). The average molecular weight is 267 g/mol. The molecular weight excluding hydrogens is 242 g/mol. The zero-order chi connectivity index (χ0) is 13.0. The third-order valence-electron chi connectivity index (χ3n) is 4.16. The monoisotopic (exact) mass is 267 g/mol. The van der Waals surface area contributed by atoms with Gasteiger partial charge in [0.2, 0.25) is 0 Å². The summed E-state index contributed by atoms with van der Waals surface area (Å²) in [5.74, 6) is 0. The van der Waals surface area contributed by atoms with Crippen molar-refractivity contribution in [2.75, 3.05) is 12.8 Å². The summed E-state index contributed by atoms with van der Waals surface area (Å²) in [6, 6.07) is 2.63. The lowest BCUT2D eigenvalue weighted by molar-refractivity contribution is 0.344. The van der Waals surface area contributed by atoms with Gasteiger partial charge < -0.3 is 5.32 Å². The Morgan fingerprint density at radius 2 is 2.33 bits per heavy atom. The summed E-state index contributed by atoms with van der Waals surface area (Å²) in [4.78, 5) is 0. The van der Waals surface area contributed by atoms with Crippen molar-refractivity contribution in [1.82, 2.24) is 15.1 Å². The molecule has 1 aliphatic carbocycles. The SMILES string of the molecule is CCC(C)n1ccc(CNCC2(SC)CCC2)n1. The van der Waals surface area contributed by atoms with Crippen LogP contribution in [0, 0.1) is 0 Å². The van der Waals surface area contributed by atoms with Crippen LogP contribution in [0.3, 0.4) is 0 Å². The third-order valence-corrected chi connectivity index (χ3v) is 5.58. The highest BCUT2D eigenvalue weighted by molar-refractivity contribution is 8.00. The van der Waals surface area contributed by atoms with Gasteiger partial charge >= 0.3 is 0 Å². The number of hydrogen-bond donors (Lipinski definition) is 1. The molecule has 1 fully saturated rings. The summed E-state index contributed by atoms with van der Waals surface area (Å²) >= 11 is 2.02. The fraction of sp³-hybridized carbons (Fsp3) is 0.786. The minimum Gasteiger partial charge on any atom is -0.310 e. The van der Waals surface area contributed by atoms with Crippen molar-refractivity contribution in [3.63, 3.8) is 0 Å². The summed E-state index contributed by atoms with van der Waals surface area (Å²) < 4.78 is 2.59. The number of thioether (sulfide) groups is 1. The highest BCUT2D eigenvalue weighted by atomic mass is 32.2. The minimum atomic E-state index is 0.503. The fourth-order valence-electron chi connectivity index (χ4n) is 2.35. The third kappa shape index (κ3) is 3.09. The molecule has 4 heteroatoms. The summed E-state index contributed by atoms with van der Waals surface area (Å²) in [7, 11) is 0. The van der Waals surface area contributed by atoms with Crippen LogP contribution in [-0.4, -0.2) is 27.3 Å². The molecule has 1 heterocycles. The van der Waals surface area contributed by atoms with E-state index in [1.807, 2.05) is 11.8 Å². The summed E-state index contributed by atoms with van der Waals surface area (Å²) in [5.41, 5.74) is 1.16. The molecule has 1 atom stereocenters. The predicted molar refractivity (Wildman–Crippen MR) is 79.0 cm³/mol. The topological polar surface area (TPSA) is 29.9 Å². The van der Waals surface area contributed by atoms with Crippen LogP contribution in [-0.2, 0) is 6.54 Å². The number of nitrogens with one attached hydrogen (secondary N) is 1. The first-order chi connectivity index (χ1) is 8.69. The van der Waals surface area contributed by atoms with Gasteiger partial charge in [-0.05, 0) is 38.5 Å². The largest absolute Gasteiger partial charge is 0.310 e. The molecule has 0 spiro atoms. The van der Waals surface area contributed by atoms with Crippen molar-refractivity contribution in [2.45, 2.75) is 56.9 Å². The van der Waals surface area contributed by atoms with E-state index in [4.69, 9.17) is 0 Å². The summed E-state index contributed by atoms with van der Waals surface area (Å²) in [6.45, 7) is 6.42. The quantitative estimate of drug-likeness (QED) is 0.822. The van der Waals surface area contributed by atoms with Gasteiger partial charge in [0, 0.05) is 30.1 Å². The lowest BCUT2D eigenvalue weighted by atomic mass is 9.84. The van der Waals surface area contributed by atoms with E-state index in [0.717, 1.165) is 25.2 Å². The highest BCUT2D eigenvalue weighted by Crippen LogP contribution is 2.42. The lowest BCUT2D eigenvalue weighted by Crippen LogP contribution is -2.43. The van der Waals surface area contributed by atoms with Gasteiger partial charge in [0.05, 0.1) is 5.69 Å². The second kappa shape index (κ2) is 6.11. The smallest absolute Gasteiger partial charge is 0.0762 e. The second-order valence-corrected chi connectivity index (χ2v) is 6.66. The number of nitrogens with zero attached hydrogens (tertiary/aromatic N) is 2. The maximum absolute atomic E-state index is 4.62. The van der Waals surface area contributed by atoms with Crippen LogP contribution < -0.4 is 5.32 Å². The Morgan fingerprint density at radius 1 is 1.56 bits per heavy atom. The van der Waals surface area contributed by atoms with Gasteiger partial charge in [0.25, 0.3) is 0 Å². The number of aromatic nitrogens is 2. The highest BCUT2D eigenvalue weighted by Gasteiger charge is 2.35. The van der Waals surface area contributed by atoms with Crippen molar-refractivity contribution in [3.8, 4) is 0 Å². The molecule has 0 saturated heterocycles. The normalized spacial score (nSPS) is 19.5. The van der Waals surface area contributed by atoms with Crippen molar-refractivity contribution < 1.29 is 0 Å². The van der Waals surface area contributed by atoms with Crippen molar-refractivity contribution in [2.24, 2.45) is 0 Å². The van der Waals surface area contributed by atoms with Gasteiger partial charge in [0.1, 0.15) is 0 Å². The lowest BCUT2D eigenvalue weighted by Gasteiger charge is -2.40. The van der Waals surface area contributed by atoms with Gasteiger partial charge in [-0.2, -0.15) is 16.9 Å². The van der Waals surface area contributed by atoms with Crippen LogP contribution in [0.4, 0.5) is 0 Å². The molecule has 0 radical (unpaired) electrons. The molecule has 0 bridgehead atoms. The van der Waals surface area contributed by atoms with E-state index in [0.29, 0.717) is 10.8 Å². The van der Waals surface area contributed by atoms with Crippen molar-refractivity contribution in [1.29, 1.82) is 0 Å². The van der Waals surface area contributed by atoms with E-state index in [1.54, 1.807) is 0 Å². The van der Waals surface area contributed by atoms with Crippen molar-refractivity contribution in [3.05, 3.63) is 18.0 Å². The Hall–Kier alpha value is -0.480. The van der Waals surface area contributed by atoms with Crippen LogP contribution >= 0.6 is 11.8 Å². The van der Waals surface area contributed by atoms with Gasteiger partial charge in [-0.1, -0.05) is 13.3 Å².